The Morgan fingerprint density at radius 2 is 1.65 bits per heavy atom. The number of benzene rings is 3. The summed E-state index contributed by atoms with van der Waals surface area (Å²) in [6.07, 6.45) is 0. The van der Waals surface area contributed by atoms with Gasteiger partial charge in [0.15, 0.2) is 0 Å². The summed E-state index contributed by atoms with van der Waals surface area (Å²) in [7, 11) is 0. The highest BCUT2D eigenvalue weighted by Gasteiger charge is 2.20. The molecule has 0 amide bonds. The highest BCUT2D eigenvalue weighted by Crippen LogP contribution is 2.31. The molecule has 0 aliphatic heterocycles. The summed E-state index contributed by atoms with van der Waals surface area (Å²) in [5, 5.41) is 1.40. The molecule has 0 aliphatic carbocycles. The highest BCUT2D eigenvalue weighted by molar-refractivity contribution is 7.25. The number of fused-ring (bicyclic) bond motifs is 3. The van der Waals surface area contributed by atoms with Gasteiger partial charge in [-0.3, -0.25) is 9.36 Å². The summed E-state index contributed by atoms with van der Waals surface area (Å²) in [4.78, 5) is 27.4. The fourth-order valence-corrected chi connectivity index (χ4v) is 5.29. The summed E-state index contributed by atoms with van der Waals surface area (Å²) in [6, 6.07) is 21.1. The Hall–Kier alpha value is -3.15. The number of rotatable bonds is 3. The molecule has 6 heteroatoms. The van der Waals surface area contributed by atoms with E-state index in [0.717, 1.165) is 26.8 Å². The Morgan fingerprint density at radius 3 is 2.45 bits per heavy atom. The minimum atomic E-state index is -0.366. The Balaban J connectivity index is 1.94. The maximum absolute atomic E-state index is 13.8. The molecule has 5 aromatic rings. The number of halogens is 1. The van der Waals surface area contributed by atoms with Crippen molar-refractivity contribution in [2.75, 3.05) is 0 Å². The third-order valence-corrected chi connectivity index (χ3v) is 7.04. The van der Waals surface area contributed by atoms with Crippen LogP contribution in [0.4, 0.5) is 0 Å². The van der Waals surface area contributed by atoms with Crippen LogP contribution >= 0.6 is 22.9 Å². The minimum Gasteiger partial charge on any atom is -0.287 e. The first-order chi connectivity index (χ1) is 15.0. The topological polar surface area (TPSA) is 44.0 Å². The van der Waals surface area contributed by atoms with Crippen LogP contribution in [0, 0.1) is 13.8 Å². The van der Waals surface area contributed by atoms with Crippen LogP contribution < -0.4 is 11.2 Å². The zero-order valence-electron chi connectivity index (χ0n) is 17.1. The van der Waals surface area contributed by atoms with Gasteiger partial charge in [0.05, 0.1) is 17.7 Å². The molecule has 0 atom stereocenters. The second kappa shape index (κ2) is 7.52. The molecule has 0 spiro atoms. The molecule has 154 valence electrons. The van der Waals surface area contributed by atoms with Crippen LogP contribution in [0.1, 0.15) is 16.7 Å². The van der Waals surface area contributed by atoms with E-state index in [0.29, 0.717) is 27.5 Å². The number of hydrogen-bond acceptors (Lipinski definition) is 3. The third kappa shape index (κ3) is 3.21. The maximum atomic E-state index is 13.8. The molecular formula is C25H19ClN2O2S. The summed E-state index contributed by atoms with van der Waals surface area (Å²) >= 11 is 7.64. The monoisotopic (exact) mass is 446 g/mol. The fraction of sp³-hybridized carbons (Fsp3) is 0.120. The molecule has 0 N–H and O–H groups in total. The van der Waals surface area contributed by atoms with Crippen LogP contribution in [-0.4, -0.2) is 9.13 Å². The first-order valence-electron chi connectivity index (χ1n) is 9.94. The molecular weight excluding hydrogens is 428 g/mol. The van der Waals surface area contributed by atoms with E-state index in [-0.39, 0.29) is 11.2 Å². The molecule has 3 aromatic carbocycles. The largest absolute Gasteiger partial charge is 0.336 e. The minimum absolute atomic E-state index is 0.312. The van der Waals surface area contributed by atoms with E-state index in [2.05, 4.69) is 0 Å². The quantitative estimate of drug-likeness (QED) is 0.357. The lowest BCUT2D eigenvalue weighted by Crippen LogP contribution is -2.39. The molecule has 2 heterocycles. The van der Waals surface area contributed by atoms with E-state index in [4.69, 9.17) is 11.6 Å². The predicted molar refractivity (Wildman–Crippen MR) is 129 cm³/mol. The van der Waals surface area contributed by atoms with Gasteiger partial charge in [0.25, 0.3) is 5.56 Å². The predicted octanol–water partition coefficient (Wildman–Crippen LogP) is 5.69. The van der Waals surface area contributed by atoms with E-state index >= 15 is 0 Å². The summed E-state index contributed by atoms with van der Waals surface area (Å²) in [5.41, 5.74) is 3.47. The van der Waals surface area contributed by atoms with Crippen LogP contribution in [0.2, 0.25) is 5.02 Å². The van der Waals surface area contributed by atoms with Crippen molar-refractivity contribution in [3.8, 4) is 5.69 Å². The van der Waals surface area contributed by atoms with E-state index in [1.807, 2.05) is 68.4 Å². The lowest BCUT2D eigenvalue weighted by Gasteiger charge is -2.15. The molecule has 4 nitrogen and oxygen atoms in total. The van der Waals surface area contributed by atoms with Crippen molar-refractivity contribution in [1.82, 2.24) is 9.13 Å². The van der Waals surface area contributed by atoms with Gasteiger partial charge in [-0.1, -0.05) is 60.1 Å². The van der Waals surface area contributed by atoms with Crippen molar-refractivity contribution in [3.05, 3.63) is 109 Å². The molecule has 0 unspecified atom stereocenters. The number of nitrogens with zero attached hydrogens (tertiary/aromatic N) is 2. The van der Waals surface area contributed by atoms with Gasteiger partial charge in [0.2, 0.25) is 0 Å². The average molecular weight is 447 g/mol. The van der Waals surface area contributed by atoms with Crippen LogP contribution in [0.25, 0.3) is 26.0 Å². The Bertz CT molecular complexity index is 1590. The standard InChI is InChI=1S/C25H19ClN2O2S/c1-15-7-3-4-8-17(15)14-27-22-19-9-5-6-10-21(19)31-23(22)24(29)28(25(27)30)20-13-18(26)12-11-16(20)2/h3-13H,14H2,1-2H3. The van der Waals surface area contributed by atoms with Gasteiger partial charge < -0.3 is 0 Å². The van der Waals surface area contributed by atoms with Crippen LogP contribution in [0.15, 0.2) is 76.3 Å². The van der Waals surface area contributed by atoms with Crippen LogP contribution in [0.5, 0.6) is 0 Å². The molecule has 0 saturated heterocycles. The smallest absolute Gasteiger partial charge is 0.287 e. The molecule has 5 rings (SSSR count). The third-order valence-electron chi connectivity index (χ3n) is 5.66. The van der Waals surface area contributed by atoms with Crippen LogP contribution in [0.3, 0.4) is 0 Å². The van der Waals surface area contributed by atoms with Crippen LogP contribution in [-0.2, 0) is 6.54 Å². The Morgan fingerprint density at radius 1 is 0.903 bits per heavy atom. The number of hydrogen-bond donors (Lipinski definition) is 0. The van der Waals surface area contributed by atoms with Gasteiger partial charge in [-0.15, -0.1) is 11.3 Å². The Kier molecular flexibility index (Phi) is 4.80. The first kappa shape index (κ1) is 19.8. The first-order valence-corrected chi connectivity index (χ1v) is 11.1. The van der Waals surface area contributed by atoms with E-state index in [9.17, 15) is 9.59 Å². The zero-order valence-corrected chi connectivity index (χ0v) is 18.6. The second-order valence-corrected chi connectivity index (χ2v) is 9.13. The van der Waals surface area contributed by atoms with Gasteiger partial charge in [-0.2, -0.15) is 0 Å². The molecule has 0 fully saturated rings. The average Bonchev–Trinajstić information content (AvgIpc) is 3.15. The lowest BCUT2D eigenvalue weighted by molar-refractivity contribution is 0.714. The van der Waals surface area contributed by atoms with Crippen molar-refractivity contribution in [1.29, 1.82) is 0 Å². The van der Waals surface area contributed by atoms with Crippen molar-refractivity contribution in [2.24, 2.45) is 0 Å². The molecule has 0 saturated carbocycles. The van der Waals surface area contributed by atoms with E-state index < -0.39 is 0 Å². The van der Waals surface area contributed by atoms with E-state index in [1.165, 1.54) is 15.9 Å². The van der Waals surface area contributed by atoms with Gasteiger partial charge >= 0.3 is 5.69 Å². The number of aromatic nitrogens is 2. The van der Waals surface area contributed by atoms with Crippen molar-refractivity contribution < 1.29 is 0 Å². The summed E-state index contributed by atoms with van der Waals surface area (Å²) in [6.45, 7) is 4.28. The summed E-state index contributed by atoms with van der Waals surface area (Å²) < 4.78 is 4.52. The van der Waals surface area contributed by atoms with Gasteiger partial charge in [0, 0.05) is 15.1 Å². The molecule has 0 aliphatic rings. The second-order valence-electron chi connectivity index (χ2n) is 7.64. The molecule has 31 heavy (non-hydrogen) atoms. The molecule has 0 bridgehead atoms. The maximum Gasteiger partial charge on any atom is 0.336 e. The van der Waals surface area contributed by atoms with Crippen molar-refractivity contribution in [3.63, 3.8) is 0 Å². The fourth-order valence-electron chi connectivity index (χ4n) is 3.99. The van der Waals surface area contributed by atoms with Crippen molar-refractivity contribution >= 4 is 43.2 Å². The van der Waals surface area contributed by atoms with Gasteiger partial charge in [0.1, 0.15) is 4.70 Å². The van der Waals surface area contributed by atoms with E-state index in [1.54, 1.807) is 16.7 Å². The van der Waals surface area contributed by atoms with Gasteiger partial charge in [-0.25, -0.2) is 9.36 Å². The normalized spacial score (nSPS) is 11.5. The molecule has 2 aromatic heterocycles. The lowest BCUT2D eigenvalue weighted by atomic mass is 10.1. The van der Waals surface area contributed by atoms with Crippen molar-refractivity contribution in [2.45, 2.75) is 20.4 Å². The Labute approximate surface area is 187 Å². The number of aryl methyl sites for hydroxylation is 2. The SMILES string of the molecule is Cc1ccccc1Cn1c(=O)n(-c2cc(Cl)ccc2C)c(=O)c2sc3ccccc3c21. The summed E-state index contributed by atoms with van der Waals surface area (Å²) in [5.74, 6) is 0. The zero-order chi connectivity index (χ0) is 21.7. The number of thiophene rings is 1. The molecule has 0 radical (unpaired) electrons. The van der Waals surface area contributed by atoms with Gasteiger partial charge in [-0.05, 0) is 48.7 Å². The highest BCUT2D eigenvalue weighted by atomic mass is 35.5.